The van der Waals surface area contributed by atoms with Crippen LogP contribution in [0.3, 0.4) is 0 Å². The Morgan fingerprint density at radius 3 is 2.39 bits per heavy atom. The van der Waals surface area contributed by atoms with Crippen LogP contribution in [0, 0.1) is 0 Å². The highest BCUT2D eigenvalue weighted by Gasteiger charge is 2.26. The van der Waals surface area contributed by atoms with Crippen molar-refractivity contribution in [1.82, 2.24) is 4.90 Å². The number of rotatable bonds is 4. The highest BCUT2D eigenvalue weighted by atomic mass is 16.5. The Kier molecular flexibility index (Phi) is 5.48. The Hall–Kier alpha value is -1.39. The highest BCUT2D eigenvalue weighted by molar-refractivity contribution is 6.00. The van der Waals surface area contributed by atoms with Crippen molar-refractivity contribution < 1.29 is 14.3 Å². The van der Waals surface area contributed by atoms with Crippen LogP contribution in [0.25, 0.3) is 0 Å². The van der Waals surface area contributed by atoms with E-state index in [-0.39, 0.29) is 23.4 Å². The maximum absolute atomic E-state index is 12.8. The molecular weight excluding hydrogens is 290 g/mol. The average molecular weight is 319 g/mol. The Morgan fingerprint density at radius 2 is 1.87 bits per heavy atom. The molecular formula is C19H29NO3. The smallest absolute Gasteiger partial charge is 0.180 e. The van der Waals surface area contributed by atoms with Crippen LogP contribution in [0.5, 0.6) is 5.75 Å². The third kappa shape index (κ3) is 4.55. The van der Waals surface area contributed by atoms with Gasteiger partial charge in [-0.2, -0.15) is 0 Å². The van der Waals surface area contributed by atoms with Crippen molar-refractivity contribution in [1.29, 1.82) is 0 Å². The van der Waals surface area contributed by atoms with Gasteiger partial charge in [0.05, 0.1) is 31.4 Å². The van der Waals surface area contributed by atoms with Gasteiger partial charge in [-0.3, -0.25) is 9.69 Å². The average Bonchev–Trinajstić information content (AvgIpc) is 2.44. The van der Waals surface area contributed by atoms with Gasteiger partial charge in [0.2, 0.25) is 0 Å². The molecule has 0 aliphatic carbocycles. The zero-order valence-electron chi connectivity index (χ0n) is 15.2. The number of Topliss-reactive ketones (excluding diaryl/α,β-unsaturated/α-hetero) is 1. The minimum atomic E-state index is 0.00327. The van der Waals surface area contributed by atoms with Gasteiger partial charge in [-0.1, -0.05) is 26.8 Å². The number of carbonyl (C=O) groups excluding carboxylic acids is 1. The van der Waals surface area contributed by atoms with Crippen molar-refractivity contribution in [2.24, 2.45) is 0 Å². The predicted octanol–water partition coefficient (Wildman–Crippen LogP) is 3.28. The van der Waals surface area contributed by atoms with E-state index >= 15 is 0 Å². The summed E-state index contributed by atoms with van der Waals surface area (Å²) in [5.74, 6) is 0.756. The van der Waals surface area contributed by atoms with Crippen molar-refractivity contribution in [3.8, 4) is 5.75 Å². The van der Waals surface area contributed by atoms with Gasteiger partial charge in [0.25, 0.3) is 0 Å². The maximum Gasteiger partial charge on any atom is 0.180 e. The summed E-state index contributed by atoms with van der Waals surface area (Å²) in [7, 11) is 1.61. The van der Waals surface area contributed by atoms with Crippen molar-refractivity contribution >= 4 is 5.78 Å². The Bertz CT molecular complexity index is 552. The van der Waals surface area contributed by atoms with Crippen LogP contribution in [-0.4, -0.2) is 49.6 Å². The van der Waals surface area contributed by atoms with E-state index in [2.05, 4.69) is 25.7 Å². The molecule has 2 unspecified atom stereocenters. The fourth-order valence-corrected chi connectivity index (χ4v) is 3.09. The van der Waals surface area contributed by atoms with E-state index in [1.165, 1.54) is 0 Å². The second-order valence-electron chi connectivity index (χ2n) is 7.54. The number of nitrogens with zero attached hydrogens (tertiary/aromatic N) is 1. The van der Waals surface area contributed by atoms with Crippen LogP contribution < -0.4 is 4.74 Å². The maximum atomic E-state index is 12.8. The molecule has 1 fully saturated rings. The van der Waals surface area contributed by atoms with Crippen LogP contribution in [0.15, 0.2) is 18.2 Å². The van der Waals surface area contributed by atoms with Crippen LogP contribution in [-0.2, 0) is 10.2 Å². The molecule has 1 aliphatic rings. The van der Waals surface area contributed by atoms with Gasteiger partial charge in [0.1, 0.15) is 5.75 Å². The number of morpholine rings is 1. The minimum absolute atomic E-state index is 0.00327. The molecule has 0 aromatic heterocycles. The summed E-state index contributed by atoms with van der Waals surface area (Å²) >= 11 is 0. The summed E-state index contributed by atoms with van der Waals surface area (Å²) in [5.41, 5.74) is 1.82. The molecule has 0 saturated carbocycles. The Labute approximate surface area is 139 Å². The number of carbonyl (C=O) groups is 1. The van der Waals surface area contributed by atoms with Crippen LogP contribution >= 0.6 is 0 Å². The van der Waals surface area contributed by atoms with Gasteiger partial charge in [-0.15, -0.1) is 0 Å². The number of hydrogen-bond acceptors (Lipinski definition) is 4. The second-order valence-corrected chi connectivity index (χ2v) is 7.54. The summed E-state index contributed by atoms with van der Waals surface area (Å²) in [4.78, 5) is 15.0. The van der Waals surface area contributed by atoms with Gasteiger partial charge in [0.15, 0.2) is 5.78 Å². The van der Waals surface area contributed by atoms with E-state index in [9.17, 15) is 4.79 Å². The molecule has 2 rings (SSSR count). The molecule has 1 aromatic rings. The molecule has 2 atom stereocenters. The number of benzene rings is 1. The van der Waals surface area contributed by atoms with Gasteiger partial charge < -0.3 is 9.47 Å². The summed E-state index contributed by atoms with van der Waals surface area (Å²) in [6, 6.07) is 5.92. The monoisotopic (exact) mass is 319 g/mol. The normalized spacial score (nSPS) is 22.9. The topological polar surface area (TPSA) is 38.8 Å². The predicted molar refractivity (Wildman–Crippen MR) is 92.5 cm³/mol. The number of hydrogen-bond donors (Lipinski definition) is 0. The first-order chi connectivity index (χ1) is 10.7. The van der Waals surface area contributed by atoms with Crippen molar-refractivity contribution in [2.45, 2.75) is 52.2 Å². The SMILES string of the molecule is COc1ccc(C(C)(C)C)cc1C(=O)CN1CC(C)OC(C)C1. The molecule has 0 radical (unpaired) electrons. The fourth-order valence-electron chi connectivity index (χ4n) is 3.09. The van der Waals surface area contributed by atoms with Crippen molar-refractivity contribution in [3.05, 3.63) is 29.3 Å². The van der Waals surface area contributed by atoms with Gasteiger partial charge in [-0.25, -0.2) is 0 Å². The molecule has 128 valence electrons. The lowest BCUT2D eigenvalue weighted by molar-refractivity contribution is -0.0652. The first-order valence-corrected chi connectivity index (χ1v) is 8.30. The summed E-state index contributed by atoms with van der Waals surface area (Å²) in [5, 5.41) is 0. The van der Waals surface area contributed by atoms with Crippen LogP contribution in [0.1, 0.15) is 50.5 Å². The lowest BCUT2D eigenvalue weighted by Crippen LogP contribution is -2.47. The minimum Gasteiger partial charge on any atom is -0.496 e. The van der Waals surface area contributed by atoms with E-state index in [1.54, 1.807) is 7.11 Å². The number of ketones is 1. The molecule has 23 heavy (non-hydrogen) atoms. The first-order valence-electron chi connectivity index (χ1n) is 8.30. The van der Waals surface area contributed by atoms with E-state index in [0.29, 0.717) is 17.9 Å². The van der Waals surface area contributed by atoms with Crippen LogP contribution in [0.4, 0.5) is 0 Å². The molecule has 4 heteroatoms. The Balaban J connectivity index is 2.20. The highest BCUT2D eigenvalue weighted by Crippen LogP contribution is 2.28. The van der Waals surface area contributed by atoms with E-state index < -0.39 is 0 Å². The number of ether oxygens (including phenoxy) is 2. The van der Waals surface area contributed by atoms with E-state index in [0.717, 1.165) is 18.7 Å². The molecule has 0 bridgehead atoms. The summed E-state index contributed by atoms with van der Waals surface area (Å²) < 4.78 is 11.1. The third-order valence-electron chi connectivity index (χ3n) is 4.23. The lowest BCUT2D eigenvalue weighted by Gasteiger charge is -2.34. The molecule has 0 amide bonds. The largest absolute Gasteiger partial charge is 0.496 e. The lowest BCUT2D eigenvalue weighted by atomic mass is 9.85. The molecule has 1 heterocycles. The molecule has 0 N–H and O–H groups in total. The number of methoxy groups -OCH3 is 1. The van der Waals surface area contributed by atoms with Crippen LogP contribution in [0.2, 0.25) is 0 Å². The fraction of sp³-hybridized carbons (Fsp3) is 0.632. The van der Waals surface area contributed by atoms with Crippen molar-refractivity contribution in [3.63, 3.8) is 0 Å². The first kappa shape index (κ1) is 18.0. The summed E-state index contributed by atoms with van der Waals surface area (Å²) in [6.07, 6.45) is 0.323. The van der Waals surface area contributed by atoms with Gasteiger partial charge in [0, 0.05) is 13.1 Å². The van der Waals surface area contributed by atoms with Gasteiger partial charge in [-0.05, 0) is 37.0 Å². The van der Waals surface area contributed by atoms with Gasteiger partial charge >= 0.3 is 0 Å². The molecule has 1 aliphatic heterocycles. The van der Waals surface area contributed by atoms with E-state index in [4.69, 9.17) is 9.47 Å². The second kappa shape index (κ2) is 7.02. The standard InChI is InChI=1S/C19H29NO3/c1-13-10-20(11-14(2)23-13)12-17(21)16-9-15(19(3,4)5)7-8-18(16)22-6/h7-9,13-14H,10-12H2,1-6H3. The molecule has 0 spiro atoms. The summed E-state index contributed by atoms with van der Waals surface area (Å²) in [6.45, 7) is 12.5. The van der Waals surface area contributed by atoms with E-state index in [1.807, 2.05) is 32.0 Å². The molecule has 1 saturated heterocycles. The zero-order valence-corrected chi connectivity index (χ0v) is 15.2. The quantitative estimate of drug-likeness (QED) is 0.798. The zero-order chi connectivity index (χ0) is 17.2. The molecule has 4 nitrogen and oxygen atoms in total. The van der Waals surface area contributed by atoms with Crippen molar-refractivity contribution in [2.75, 3.05) is 26.7 Å². The molecule has 1 aromatic carbocycles. The Morgan fingerprint density at radius 1 is 1.26 bits per heavy atom. The third-order valence-corrected chi connectivity index (χ3v) is 4.23.